The number of nitrogens with zero attached hydrogens (tertiary/aromatic N) is 2. The summed E-state index contributed by atoms with van der Waals surface area (Å²) >= 11 is 3.39. The Hall–Kier alpha value is -3.19. The molecule has 0 bridgehead atoms. The van der Waals surface area contributed by atoms with Crippen LogP contribution < -0.4 is 10.3 Å². The molecular weight excluding hydrogens is 424 g/mol. The first kappa shape index (κ1) is 16.9. The zero-order valence-electron chi connectivity index (χ0n) is 14.7. The van der Waals surface area contributed by atoms with Crippen molar-refractivity contribution in [2.75, 3.05) is 4.90 Å². The average Bonchev–Trinajstić information content (AvgIpc) is 3.24. The Bertz CT molecular complexity index is 1290. The van der Waals surface area contributed by atoms with Gasteiger partial charge < -0.3 is 8.94 Å². The maximum atomic E-state index is 13.4. The molecular formula is C21H13BrN2O4. The molecule has 0 fully saturated rings. The third-order valence-corrected chi connectivity index (χ3v) is 5.30. The molecule has 7 heteroatoms. The summed E-state index contributed by atoms with van der Waals surface area (Å²) in [6.45, 7) is 1.75. The highest BCUT2D eigenvalue weighted by atomic mass is 79.9. The van der Waals surface area contributed by atoms with Crippen molar-refractivity contribution in [2.45, 2.75) is 13.0 Å². The quantitative estimate of drug-likeness (QED) is 0.458. The predicted molar refractivity (Wildman–Crippen MR) is 107 cm³/mol. The van der Waals surface area contributed by atoms with Gasteiger partial charge in [0.1, 0.15) is 11.3 Å². The van der Waals surface area contributed by atoms with Gasteiger partial charge in [0.15, 0.2) is 11.2 Å². The van der Waals surface area contributed by atoms with Crippen LogP contribution >= 0.6 is 15.9 Å². The summed E-state index contributed by atoms with van der Waals surface area (Å²) < 4.78 is 11.8. The summed E-state index contributed by atoms with van der Waals surface area (Å²) in [5.41, 5.74) is 1.23. The second-order valence-corrected chi connectivity index (χ2v) is 7.51. The third kappa shape index (κ3) is 2.43. The van der Waals surface area contributed by atoms with Gasteiger partial charge in [-0.05, 0) is 30.7 Å². The molecule has 3 heterocycles. The van der Waals surface area contributed by atoms with Crippen molar-refractivity contribution >= 4 is 38.6 Å². The largest absolute Gasteiger partial charge is 0.450 e. The molecule has 1 atom stereocenters. The molecule has 1 aliphatic rings. The van der Waals surface area contributed by atoms with Crippen LogP contribution in [0, 0.1) is 6.92 Å². The zero-order chi connectivity index (χ0) is 19.4. The van der Waals surface area contributed by atoms with Crippen molar-refractivity contribution in [3.8, 4) is 0 Å². The number of hydrogen-bond donors (Lipinski definition) is 0. The standard InChI is InChI=1S/C21H13BrN2O4/c1-11-9-16(23-28-11)24-18(12-5-3-2-4-6-12)17-19(25)14-10-13(22)7-8-15(14)27-20(17)21(24)26/h2-10,18H,1H3/t18-/m1/s1. The molecule has 5 rings (SSSR count). The molecule has 0 saturated carbocycles. The fourth-order valence-electron chi connectivity index (χ4n) is 3.60. The Morgan fingerprint density at radius 3 is 2.57 bits per heavy atom. The fraction of sp³-hybridized carbons (Fsp3) is 0.0952. The van der Waals surface area contributed by atoms with Crippen molar-refractivity contribution in [3.63, 3.8) is 0 Å². The molecule has 6 nitrogen and oxygen atoms in total. The second-order valence-electron chi connectivity index (χ2n) is 6.60. The van der Waals surface area contributed by atoms with Crippen molar-refractivity contribution in [1.29, 1.82) is 0 Å². The number of carbonyl (C=O) groups excluding carboxylic acids is 1. The smallest absolute Gasteiger partial charge is 0.296 e. The van der Waals surface area contributed by atoms with E-state index in [1.807, 2.05) is 30.3 Å². The number of aryl methyl sites for hydroxylation is 1. The number of anilines is 1. The van der Waals surface area contributed by atoms with Gasteiger partial charge in [0, 0.05) is 10.5 Å². The molecule has 2 aromatic heterocycles. The van der Waals surface area contributed by atoms with Crippen molar-refractivity contribution in [1.82, 2.24) is 5.16 Å². The first-order valence-corrected chi connectivity index (χ1v) is 9.42. The number of halogens is 1. The molecule has 0 radical (unpaired) electrons. The van der Waals surface area contributed by atoms with Gasteiger partial charge in [0.2, 0.25) is 5.76 Å². The minimum atomic E-state index is -0.646. The fourth-order valence-corrected chi connectivity index (χ4v) is 3.96. The lowest BCUT2D eigenvalue weighted by Gasteiger charge is -2.22. The molecule has 1 aliphatic heterocycles. The van der Waals surface area contributed by atoms with Crippen LogP contribution in [0.5, 0.6) is 0 Å². The van der Waals surface area contributed by atoms with Gasteiger partial charge >= 0.3 is 0 Å². The number of aromatic nitrogens is 1. The first-order valence-electron chi connectivity index (χ1n) is 8.62. The summed E-state index contributed by atoms with van der Waals surface area (Å²) in [4.78, 5) is 28.1. The Kier molecular flexibility index (Phi) is 3.73. The molecule has 0 N–H and O–H groups in total. The van der Waals surface area contributed by atoms with Crippen molar-refractivity contribution < 1.29 is 13.7 Å². The summed E-state index contributed by atoms with van der Waals surface area (Å²) in [5, 5.41) is 4.42. The summed E-state index contributed by atoms with van der Waals surface area (Å²) in [6, 6.07) is 15.5. The maximum absolute atomic E-state index is 13.4. The predicted octanol–water partition coefficient (Wildman–Crippen LogP) is 4.60. The Labute approximate surface area is 167 Å². The number of benzene rings is 2. The Morgan fingerprint density at radius 2 is 1.86 bits per heavy atom. The molecule has 0 spiro atoms. The topological polar surface area (TPSA) is 76.6 Å². The van der Waals surface area contributed by atoms with Gasteiger partial charge in [-0.25, -0.2) is 0 Å². The van der Waals surface area contributed by atoms with Gasteiger partial charge in [0.05, 0.1) is 17.0 Å². The third-order valence-electron chi connectivity index (χ3n) is 4.81. The molecule has 0 saturated heterocycles. The van der Waals surface area contributed by atoms with Gasteiger partial charge in [-0.1, -0.05) is 51.4 Å². The first-order chi connectivity index (χ1) is 13.5. The Morgan fingerprint density at radius 1 is 1.07 bits per heavy atom. The van der Waals surface area contributed by atoms with Crippen LogP contribution in [0.3, 0.4) is 0 Å². The minimum Gasteiger partial charge on any atom is -0.450 e. The molecule has 28 heavy (non-hydrogen) atoms. The van der Waals surface area contributed by atoms with Gasteiger partial charge in [0.25, 0.3) is 5.91 Å². The van der Waals surface area contributed by atoms with Crippen LogP contribution in [-0.4, -0.2) is 11.1 Å². The van der Waals surface area contributed by atoms with E-state index >= 15 is 0 Å². The molecule has 138 valence electrons. The lowest BCUT2D eigenvalue weighted by molar-refractivity contribution is 0.0969. The highest BCUT2D eigenvalue weighted by Crippen LogP contribution is 2.40. The molecule has 0 aliphatic carbocycles. The van der Waals surface area contributed by atoms with Crippen LogP contribution in [0.25, 0.3) is 11.0 Å². The van der Waals surface area contributed by atoms with E-state index in [0.29, 0.717) is 28.1 Å². The van der Waals surface area contributed by atoms with E-state index < -0.39 is 11.9 Å². The summed E-state index contributed by atoms with van der Waals surface area (Å²) in [7, 11) is 0. The van der Waals surface area contributed by atoms with E-state index in [0.717, 1.165) is 10.0 Å². The van der Waals surface area contributed by atoms with E-state index in [1.54, 1.807) is 31.2 Å². The minimum absolute atomic E-state index is 0.0364. The normalized spacial score (nSPS) is 16.0. The van der Waals surface area contributed by atoms with E-state index in [-0.39, 0.29) is 11.2 Å². The number of fused-ring (bicyclic) bond motifs is 2. The van der Waals surface area contributed by atoms with Gasteiger partial charge in [-0.3, -0.25) is 14.5 Å². The lowest BCUT2D eigenvalue weighted by atomic mass is 9.98. The monoisotopic (exact) mass is 436 g/mol. The Balaban J connectivity index is 1.84. The van der Waals surface area contributed by atoms with Gasteiger partial charge in [-0.2, -0.15) is 0 Å². The summed E-state index contributed by atoms with van der Waals surface area (Å²) in [6.07, 6.45) is 0. The highest BCUT2D eigenvalue weighted by molar-refractivity contribution is 9.10. The molecule has 0 unspecified atom stereocenters. The molecule has 4 aromatic rings. The number of amides is 1. The van der Waals surface area contributed by atoms with E-state index in [9.17, 15) is 9.59 Å². The van der Waals surface area contributed by atoms with Crippen LogP contribution in [0.2, 0.25) is 0 Å². The van der Waals surface area contributed by atoms with Crippen LogP contribution in [0.15, 0.2) is 72.8 Å². The van der Waals surface area contributed by atoms with Crippen molar-refractivity contribution in [3.05, 3.63) is 91.9 Å². The molecule has 2 aromatic carbocycles. The van der Waals surface area contributed by atoms with Gasteiger partial charge in [-0.15, -0.1) is 0 Å². The second kappa shape index (κ2) is 6.17. The highest BCUT2D eigenvalue weighted by Gasteiger charge is 2.44. The lowest BCUT2D eigenvalue weighted by Crippen LogP contribution is -2.29. The van der Waals surface area contributed by atoms with E-state index in [4.69, 9.17) is 8.94 Å². The van der Waals surface area contributed by atoms with Crippen LogP contribution in [0.1, 0.15) is 33.5 Å². The van der Waals surface area contributed by atoms with E-state index in [1.165, 1.54) is 4.90 Å². The maximum Gasteiger partial charge on any atom is 0.296 e. The van der Waals surface area contributed by atoms with E-state index in [2.05, 4.69) is 21.1 Å². The number of hydrogen-bond acceptors (Lipinski definition) is 5. The average molecular weight is 437 g/mol. The molecule has 1 amide bonds. The van der Waals surface area contributed by atoms with Crippen LogP contribution in [-0.2, 0) is 0 Å². The SMILES string of the molecule is Cc1cc(N2C(=O)c3oc4ccc(Br)cc4c(=O)c3[C@H]2c2ccccc2)no1. The number of rotatable bonds is 2. The summed E-state index contributed by atoms with van der Waals surface area (Å²) in [5.74, 6) is 0.528. The van der Waals surface area contributed by atoms with Crippen LogP contribution in [0.4, 0.5) is 5.82 Å². The van der Waals surface area contributed by atoms with Crippen molar-refractivity contribution in [2.24, 2.45) is 0 Å². The number of carbonyl (C=O) groups is 1. The zero-order valence-corrected chi connectivity index (χ0v) is 16.3.